The Bertz CT molecular complexity index is 90.9. The largest absolute Gasteiger partial charge is 0.313 e. The van der Waals surface area contributed by atoms with Crippen molar-refractivity contribution in [3.05, 3.63) is 0 Å². The monoisotopic (exact) mass is 128 g/mol. The standard InChI is InChI=1S/C7H16N2/c1-6-7(4-8-6)5-9(2)3/h6-8H,4-5H2,1-3H3. The van der Waals surface area contributed by atoms with Gasteiger partial charge in [-0.25, -0.2) is 0 Å². The van der Waals surface area contributed by atoms with Gasteiger partial charge in [0.05, 0.1) is 0 Å². The second-order valence-electron chi connectivity index (χ2n) is 3.22. The predicted molar refractivity (Wildman–Crippen MR) is 39.5 cm³/mol. The zero-order chi connectivity index (χ0) is 6.85. The minimum Gasteiger partial charge on any atom is -0.313 e. The van der Waals surface area contributed by atoms with Gasteiger partial charge in [0.1, 0.15) is 0 Å². The van der Waals surface area contributed by atoms with Crippen molar-refractivity contribution in [2.45, 2.75) is 13.0 Å². The smallest absolute Gasteiger partial charge is 0.00915 e. The number of hydrogen-bond donors (Lipinski definition) is 1. The molecule has 0 radical (unpaired) electrons. The fraction of sp³-hybridized carbons (Fsp3) is 1.00. The first-order valence-electron chi connectivity index (χ1n) is 3.58. The molecule has 0 aromatic carbocycles. The van der Waals surface area contributed by atoms with Crippen LogP contribution in [0.5, 0.6) is 0 Å². The minimum atomic E-state index is 0.743. The third-order valence-corrected chi connectivity index (χ3v) is 2.01. The van der Waals surface area contributed by atoms with Gasteiger partial charge in [0.2, 0.25) is 0 Å². The van der Waals surface area contributed by atoms with Crippen molar-refractivity contribution in [2.24, 2.45) is 5.92 Å². The summed E-state index contributed by atoms with van der Waals surface area (Å²) >= 11 is 0. The molecule has 2 heteroatoms. The van der Waals surface area contributed by atoms with Crippen LogP contribution >= 0.6 is 0 Å². The maximum absolute atomic E-state index is 3.34. The Labute approximate surface area is 57.2 Å². The lowest BCUT2D eigenvalue weighted by Gasteiger charge is -2.37. The molecule has 0 aromatic rings. The summed E-state index contributed by atoms with van der Waals surface area (Å²) in [7, 11) is 4.26. The molecule has 1 aliphatic rings. The second kappa shape index (κ2) is 2.67. The van der Waals surface area contributed by atoms with Crippen LogP contribution in [-0.2, 0) is 0 Å². The Morgan fingerprint density at radius 3 is 2.33 bits per heavy atom. The Morgan fingerprint density at radius 1 is 1.56 bits per heavy atom. The van der Waals surface area contributed by atoms with Crippen molar-refractivity contribution in [1.29, 1.82) is 0 Å². The Hall–Kier alpha value is -0.0800. The Balaban J connectivity index is 2.13. The van der Waals surface area contributed by atoms with Crippen LogP contribution in [0.15, 0.2) is 0 Å². The van der Waals surface area contributed by atoms with E-state index < -0.39 is 0 Å². The van der Waals surface area contributed by atoms with Crippen LogP contribution in [0.4, 0.5) is 0 Å². The summed E-state index contributed by atoms with van der Waals surface area (Å²) in [5.41, 5.74) is 0. The van der Waals surface area contributed by atoms with Crippen LogP contribution in [0.3, 0.4) is 0 Å². The summed E-state index contributed by atoms with van der Waals surface area (Å²) < 4.78 is 0. The van der Waals surface area contributed by atoms with Gasteiger partial charge in [-0.05, 0) is 26.9 Å². The molecule has 0 spiro atoms. The van der Waals surface area contributed by atoms with Crippen molar-refractivity contribution in [3.63, 3.8) is 0 Å². The molecule has 2 atom stereocenters. The van der Waals surface area contributed by atoms with Gasteiger partial charge in [-0.1, -0.05) is 0 Å². The second-order valence-corrected chi connectivity index (χ2v) is 3.22. The maximum Gasteiger partial charge on any atom is 0.00915 e. The molecule has 1 N–H and O–H groups in total. The molecule has 1 aliphatic heterocycles. The molecule has 1 fully saturated rings. The molecule has 0 aliphatic carbocycles. The van der Waals surface area contributed by atoms with E-state index in [4.69, 9.17) is 0 Å². The molecule has 0 amide bonds. The SMILES string of the molecule is CC1NCC1CN(C)C. The molecule has 2 unspecified atom stereocenters. The summed E-state index contributed by atoms with van der Waals surface area (Å²) in [5.74, 6) is 0.889. The normalized spacial score (nSPS) is 34.7. The number of nitrogens with one attached hydrogen (secondary N) is 1. The topological polar surface area (TPSA) is 15.3 Å². The molecule has 1 rings (SSSR count). The van der Waals surface area contributed by atoms with Crippen LogP contribution in [0.25, 0.3) is 0 Å². The summed E-state index contributed by atoms with van der Waals surface area (Å²) in [6, 6.07) is 0.743. The third-order valence-electron chi connectivity index (χ3n) is 2.01. The van der Waals surface area contributed by atoms with Crippen molar-refractivity contribution < 1.29 is 0 Å². The van der Waals surface area contributed by atoms with Gasteiger partial charge in [-0.15, -0.1) is 0 Å². The molecule has 1 saturated heterocycles. The molecule has 9 heavy (non-hydrogen) atoms. The van der Waals surface area contributed by atoms with Crippen LogP contribution < -0.4 is 5.32 Å². The zero-order valence-electron chi connectivity index (χ0n) is 6.52. The summed E-state index contributed by atoms with van der Waals surface area (Å²) in [4.78, 5) is 2.25. The first-order chi connectivity index (χ1) is 4.20. The molecule has 0 aromatic heterocycles. The van der Waals surface area contributed by atoms with Crippen LogP contribution in [-0.4, -0.2) is 38.1 Å². The third kappa shape index (κ3) is 1.66. The average Bonchev–Trinajstić information content (AvgIpc) is 1.79. The highest BCUT2D eigenvalue weighted by molar-refractivity contribution is 4.85. The molecular formula is C7H16N2. The lowest BCUT2D eigenvalue weighted by atomic mass is 9.93. The lowest BCUT2D eigenvalue weighted by Crippen LogP contribution is -2.54. The van der Waals surface area contributed by atoms with E-state index in [9.17, 15) is 0 Å². The molecule has 0 saturated carbocycles. The van der Waals surface area contributed by atoms with E-state index in [1.54, 1.807) is 0 Å². The summed E-state index contributed by atoms with van der Waals surface area (Å²) in [6.07, 6.45) is 0. The Morgan fingerprint density at radius 2 is 2.22 bits per heavy atom. The summed E-state index contributed by atoms with van der Waals surface area (Å²) in [5, 5.41) is 3.34. The highest BCUT2D eigenvalue weighted by Crippen LogP contribution is 2.11. The fourth-order valence-corrected chi connectivity index (χ4v) is 1.21. The van der Waals surface area contributed by atoms with Gasteiger partial charge in [0.25, 0.3) is 0 Å². The van der Waals surface area contributed by atoms with Crippen LogP contribution in [0.2, 0.25) is 0 Å². The van der Waals surface area contributed by atoms with Gasteiger partial charge < -0.3 is 10.2 Å². The first-order valence-corrected chi connectivity index (χ1v) is 3.58. The van der Waals surface area contributed by atoms with Gasteiger partial charge in [-0.2, -0.15) is 0 Å². The van der Waals surface area contributed by atoms with Gasteiger partial charge in [-0.3, -0.25) is 0 Å². The van der Waals surface area contributed by atoms with Crippen molar-refractivity contribution in [3.8, 4) is 0 Å². The zero-order valence-corrected chi connectivity index (χ0v) is 6.52. The van der Waals surface area contributed by atoms with Crippen molar-refractivity contribution >= 4 is 0 Å². The van der Waals surface area contributed by atoms with E-state index >= 15 is 0 Å². The first kappa shape index (κ1) is 7.03. The molecule has 54 valence electrons. The lowest BCUT2D eigenvalue weighted by molar-refractivity contribution is 0.192. The number of hydrogen-bond acceptors (Lipinski definition) is 2. The van der Waals surface area contributed by atoms with Crippen molar-refractivity contribution in [1.82, 2.24) is 10.2 Å². The number of rotatable bonds is 2. The van der Waals surface area contributed by atoms with E-state index in [1.165, 1.54) is 13.1 Å². The van der Waals surface area contributed by atoms with Gasteiger partial charge in [0, 0.05) is 19.1 Å². The van der Waals surface area contributed by atoms with Crippen LogP contribution in [0.1, 0.15) is 6.92 Å². The fourth-order valence-electron chi connectivity index (χ4n) is 1.21. The van der Waals surface area contributed by atoms with Crippen LogP contribution in [0, 0.1) is 5.92 Å². The van der Waals surface area contributed by atoms with E-state index in [0.29, 0.717) is 0 Å². The maximum atomic E-state index is 3.34. The molecule has 2 nitrogen and oxygen atoms in total. The van der Waals surface area contributed by atoms with Crippen molar-refractivity contribution in [2.75, 3.05) is 27.2 Å². The van der Waals surface area contributed by atoms with Gasteiger partial charge in [0.15, 0.2) is 0 Å². The molecule has 0 bridgehead atoms. The molecular weight excluding hydrogens is 112 g/mol. The average molecular weight is 128 g/mol. The van der Waals surface area contributed by atoms with Gasteiger partial charge >= 0.3 is 0 Å². The predicted octanol–water partition coefficient (Wildman–Crippen LogP) is 0.156. The minimum absolute atomic E-state index is 0.743. The molecule has 1 heterocycles. The van der Waals surface area contributed by atoms with E-state index in [-0.39, 0.29) is 0 Å². The summed E-state index contributed by atoms with van der Waals surface area (Å²) in [6.45, 7) is 4.69. The quantitative estimate of drug-likeness (QED) is 0.569. The van der Waals surface area contributed by atoms with E-state index in [2.05, 4.69) is 31.2 Å². The highest BCUT2D eigenvalue weighted by atomic mass is 15.1. The van der Waals surface area contributed by atoms with E-state index in [0.717, 1.165) is 12.0 Å². The Kier molecular flexibility index (Phi) is 2.09. The van der Waals surface area contributed by atoms with E-state index in [1.807, 2.05) is 0 Å². The highest BCUT2D eigenvalue weighted by Gasteiger charge is 2.25. The number of nitrogens with zero attached hydrogens (tertiary/aromatic N) is 1.